The van der Waals surface area contributed by atoms with Crippen molar-refractivity contribution in [3.8, 4) is 0 Å². The molecule has 0 saturated carbocycles. The lowest BCUT2D eigenvalue weighted by atomic mass is 10.0. The molecule has 0 aliphatic heterocycles. The molecule has 0 aromatic carbocycles. The molecule has 2 heteroatoms. The first-order valence-electron chi connectivity index (χ1n) is 5.08. The largest absolute Gasteiger partial charge is 0.384 e. The van der Waals surface area contributed by atoms with E-state index in [1.165, 1.54) is 5.57 Å². The van der Waals surface area contributed by atoms with Gasteiger partial charge in [0, 0.05) is 13.0 Å². The quantitative estimate of drug-likeness (QED) is 0.485. The normalized spacial score (nSPS) is 14.6. The summed E-state index contributed by atoms with van der Waals surface area (Å²) in [6, 6.07) is 0. The Balaban J connectivity index is 3.60. The van der Waals surface area contributed by atoms with Gasteiger partial charge >= 0.3 is 0 Å². The fraction of sp³-hybridized carbons (Fsp3) is 0.818. The fourth-order valence-corrected chi connectivity index (χ4v) is 1.16. The van der Waals surface area contributed by atoms with Crippen LogP contribution in [0.4, 0.5) is 0 Å². The highest BCUT2D eigenvalue weighted by Gasteiger charge is 2.01. The third kappa shape index (κ3) is 6.79. The molecule has 1 N–H and O–H groups in total. The van der Waals surface area contributed by atoms with Crippen molar-refractivity contribution in [1.82, 2.24) is 5.32 Å². The molecular formula is C11H23NO. The third-order valence-corrected chi connectivity index (χ3v) is 2.23. The van der Waals surface area contributed by atoms with E-state index in [0.717, 1.165) is 26.1 Å². The lowest BCUT2D eigenvalue weighted by Crippen LogP contribution is -2.13. The van der Waals surface area contributed by atoms with Crippen LogP contribution < -0.4 is 5.32 Å². The zero-order valence-corrected chi connectivity index (χ0v) is 9.39. The number of ether oxygens (including phenoxy) is 1. The highest BCUT2D eigenvalue weighted by Crippen LogP contribution is 2.09. The van der Waals surface area contributed by atoms with E-state index >= 15 is 0 Å². The second-order valence-electron chi connectivity index (χ2n) is 3.45. The van der Waals surface area contributed by atoms with Crippen molar-refractivity contribution < 1.29 is 4.74 Å². The molecule has 2 nitrogen and oxygen atoms in total. The van der Waals surface area contributed by atoms with E-state index in [4.69, 9.17) is 4.74 Å². The molecule has 0 aliphatic rings. The Kier molecular flexibility index (Phi) is 8.05. The van der Waals surface area contributed by atoms with Gasteiger partial charge in [-0.25, -0.2) is 0 Å². The van der Waals surface area contributed by atoms with E-state index in [9.17, 15) is 0 Å². The zero-order valence-electron chi connectivity index (χ0n) is 9.39. The van der Waals surface area contributed by atoms with Gasteiger partial charge in [0.1, 0.15) is 0 Å². The molecule has 0 aliphatic carbocycles. The van der Waals surface area contributed by atoms with E-state index in [0.29, 0.717) is 5.92 Å². The van der Waals surface area contributed by atoms with Gasteiger partial charge in [-0.05, 0) is 26.4 Å². The van der Waals surface area contributed by atoms with Crippen molar-refractivity contribution >= 4 is 0 Å². The molecule has 0 saturated heterocycles. The SMILES string of the molecule is CCNCC/C=C(/C)C(C)COC. The van der Waals surface area contributed by atoms with Gasteiger partial charge in [-0.2, -0.15) is 0 Å². The van der Waals surface area contributed by atoms with Gasteiger partial charge in [0.25, 0.3) is 0 Å². The van der Waals surface area contributed by atoms with Crippen LogP contribution >= 0.6 is 0 Å². The lowest BCUT2D eigenvalue weighted by molar-refractivity contribution is 0.172. The first-order valence-corrected chi connectivity index (χ1v) is 5.08. The molecule has 0 fully saturated rings. The maximum absolute atomic E-state index is 5.10. The second-order valence-corrected chi connectivity index (χ2v) is 3.45. The summed E-state index contributed by atoms with van der Waals surface area (Å²) in [5.74, 6) is 0.548. The molecule has 0 radical (unpaired) electrons. The molecule has 0 amide bonds. The Morgan fingerprint density at radius 1 is 1.54 bits per heavy atom. The first kappa shape index (κ1) is 12.7. The topological polar surface area (TPSA) is 21.3 Å². The number of hydrogen-bond donors (Lipinski definition) is 1. The van der Waals surface area contributed by atoms with E-state index < -0.39 is 0 Å². The van der Waals surface area contributed by atoms with Crippen LogP contribution in [-0.2, 0) is 4.74 Å². The Bertz CT molecular complexity index is 143. The van der Waals surface area contributed by atoms with Crippen molar-refractivity contribution in [3.05, 3.63) is 11.6 Å². The molecule has 0 rings (SSSR count). The summed E-state index contributed by atoms with van der Waals surface area (Å²) in [6.07, 6.45) is 3.42. The molecule has 0 heterocycles. The van der Waals surface area contributed by atoms with Gasteiger partial charge in [-0.1, -0.05) is 25.5 Å². The minimum atomic E-state index is 0.548. The van der Waals surface area contributed by atoms with Gasteiger partial charge in [-0.3, -0.25) is 0 Å². The van der Waals surface area contributed by atoms with Crippen LogP contribution in [0.5, 0.6) is 0 Å². The molecule has 0 aromatic heterocycles. The number of hydrogen-bond acceptors (Lipinski definition) is 2. The summed E-state index contributed by atoms with van der Waals surface area (Å²) in [7, 11) is 1.75. The first-order chi connectivity index (χ1) is 6.22. The minimum Gasteiger partial charge on any atom is -0.384 e. The van der Waals surface area contributed by atoms with Crippen molar-refractivity contribution in [1.29, 1.82) is 0 Å². The van der Waals surface area contributed by atoms with Crippen molar-refractivity contribution in [2.75, 3.05) is 26.8 Å². The molecule has 1 unspecified atom stereocenters. The molecular weight excluding hydrogens is 162 g/mol. The van der Waals surface area contributed by atoms with Crippen LogP contribution in [0.2, 0.25) is 0 Å². The zero-order chi connectivity index (χ0) is 10.1. The highest BCUT2D eigenvalue weighted by atomic mass is 16.5. The van der Waals surface area contributed by atoms with Crippen molar-refractivity contribution in [3.63, 3.8) is 0 Å². The van der Waals surface area contributed by atoms with Crippen LogP contribution in [0.3, 0.4) is 0 Å². The maximum atomic E-state index is 5.10. The Morgan fingerprint density at radius 2 is 2.23 bits per heavy atom. The Hall–Kier alpha value is -0.340. The summed E-state index contributed by atoms with van der Waals surface area (Å²) >= 11 is 0. The van der Waals surface area contributed by atoms with Crippen LogP contribution in [-0.4, -0.2) is 26.8 Å². The maximum Gasteiger partial charge on any atom is 0.0524 e. The second kappa shape index (κ2) is 8.27. The van der Waals surface area contributed by atoms with Crippen LogP contribution in [0, 0.1) is 5.92 Å². The highest BCUT2D eigenvalue weighted by molar-refractivity contribution is 5.02. The number of methoxy groups -OCH3 is 1. The molecule has 13 heavy (non-hydrogen) atoms. The van der Waals surface area contributed by atoms with E-state index in [2.05, 4.69) is 32.2 Å². The van der Waals surface area contributed by atoms with Gasteiger partial charge in [-0.15, -0.1) is 0 Å². The molecule has 78 valence electrons. The predicted octanol–water partition coefficient (Wildman–Crippen LogP) is 2.21. The molecule has 1 atom stereocenters. The molecule has 0 aromatic rings. The summed E-state index contributed by atoms with van der Waals surface area (Å²) < 4.78 is 5.10. The fourth-order valence-electron chi connectivity index (χ4n) is 1.16. The van der Waals surface area contributed by atoms with Crippen molar-refractivity contribution in [2.45, 2.75) is 27.2 Å². The minimum absolute atomic E-state index is 0.548. The van der Waals surface area contributed by atoms with E-state index in [1.807, 2.05) is 0 Å². The number of rotatable bonds is 7. The number of nitrogens with one attached hydrogen (secondary N) is 1. The van der Waals surface area contributed by atoms with Gasteiger partial charge < -0.3 is 10.1 Å². The summed E-state index contributed by atoms with van der Waals surface area (Å²) in [4.78, 5) is 0. The van der Waals surface area contributed by atoms with Gasteiger partial charge in [0.05, 0.1) is 6.61 Å². The third-order valence-electron chi connectivity index (χ3n) is 2.23. The van der Waals surface area contributed by atoms with Gasteiger partial charge in [0.2, 0.25) is 0 Å². The van der Waals surface area contributed by atoms with E-state index in [1.54, 1.807) is 7.11 Å². The average molecular weight is 185 g/mol. The summed E-state index contributed by atoms with van der Waals surface area (Å²) in [6.45, 7) is 9.46. The monoisotopic (exact) mass is 185 g/mol. The Labute approximate surface area is 82.4 Å². The van der Waals surface area contributed by atoms with E-state index in [-0.39, 0.29) is 0 Å². The van der Waals surface area contributed by atoms with Crippen LogP contribution in [0.15, 0.2) is 11.6 Å². The lowest BCUT2D eigenvalue weighted by Gasteiger charge is -2.10. The Morgan fingerprint density at radius 3 is 2.77 bits per heavy atom. The van der Waals surface area contributed by atoms with Gasteiger partial charge in [0.15, 0.2) is 0 Å². The smallest absolute Gasteiger partial charge is 0.0524 e. The standard InChI is InChI=1S/C11H23NO/c1-5-12-8-6-7-10(2)11(3)9-13-4/h7,11-12H,5-6,8-9H2,1-4H3/b10-7-. The van der Waals surface area contributed by atoms with Crippen molar-refractivity contribution in [2.24, 2.45) is 5.92 Å². The predicted molar refractivity (Wildman–Crippen MR) is 58.0 cm³/mol. The summed E-state index contributed by atoms with van der Waals surface area (Å²) in [5, 5.41) is 3.30. The average Bonchev–Trinajstić information content (AvgIpc) is 2.12. The molecule has 0 spiro atoms. The summed E-state index contributed by atoms with van der Waals surface area (Å²) in [5.41, 5.74) is 1.43. The van der Waals surface area contributed by atoms with Crippen LogP contribution in [0.1, 0.15) is 27.2 Å². The van der Waals surface area contributed by atoms with Crippen LogP contribution in [0.25, 0.3) is 0 Å². The molecule has 0 bridgehead atoms.